The van der Waals surface area contributed by atoms with Gasteiger partial charge in [0.15, 0.2) is 9.84 Å². The van der Waals surface area contributed by atoms with Crippen LogP contribution in [0.2, 0.25) is 0 Å². The van der Waals surface area contributed by atoms with Gasteiger partial charge in [0.2, 0.25) is 0 Å². The molecule has 1 aromatic rings. The minimum atomic E-state index is -3.28. The Kier molecular flexibility index (Phi) is 4.55. The lowest BCUT2D eigenvalue weighted by Crippen LogP contribution is -2.39. The van der Waals surface area contributed by atoms with Crippen molar-refractivity contribution in [2.75, 3.05) is 6.54 Å². The first-order chi connectivity index (χ1) is 9.36. The lowest BCUT2D eigenvalue weighted by molar-refractivity contribution is 0.296. The van der Waals surface area contributed by atoms with E-state index in [1.807, 2.05) is 19.9 Å². The molecule has 1 saturated carbocycles. The Hall–Kier alpha value is -0.870. The van der Waals surface area contributed by atoms with Crippen molar-refractivity contribution in [1.82, 2.24) is 0 Å². The fraction of sp³-hybridized carbons (Fsp3) is 0.625. The molecule has 112 valence electrons. The molecule has 2 N–H and O–H groups in total. The maximum Gasteiger partial charge on any atom is 0.181 e. The molecular formula is C16H25NO2S. The first kappa shape index (κ1) is 15.5. The van der Waals surface area contributed by atoms with Crippen LogP contribution >= 0.6 is 0 Å². The number of nitrogens with two attached hydrogens (primary N) is 1. The summed E-state index contributed by atoms with van der Waals surface area (Å²) in [5, 5.41) is -0.321. The molecule has 1 fully saturated rings. The van der Waals surface area contributed by atoms with Crippen molar-refractivity contribution >= 4 is 9.84 Å². The summed E-state index contributed by atoms with van der Waals surface area (Å²) in [4.78, 5) is 0.457. The summed E-state index contributed by atoms with van der Waals surface area (Å²) in [7, 11) is -3.28. The van der Waals surface area contributed by atoms with Gasteiger partial charge in [-0.1, -0.05) is 19.4 Å². The summed E-state index contributed by atoms with van der Waals surface area (Å²) in [5.41, 5.74) is 7.95. The standard InChI is InChI=1S/C16H25NO2S/c1-11-4-6-14(10-17)16(8-11)20(18,19)15-7-5-12(2)13(3)9-15/h5,7,9,11,14,16H,4,6,8,10,17H2,1-3H3. The number of benzene rings is 1. The van der Waals surface area contributed by atoms with E-state index in [-0.39, 0.29) is 11.2 Å². The van der Waals surface area contributed by atoms with Gasteiger partial charge in [-0.15, -0.1) is 0 Å². The summed E-state index contributed by atoms with van der Waals surface area (Å²) in [6.07, 6.45) is 2.74. The highest BCUT2D eigenvalue weighted by molar-refractivity contribution is 7.92. The molecule has 2 rings (SSSR count). The second-order valence-corrected chi connectivity index (χ2v) is 8.41. The molecule has 0 heterocycles. The zero-order valence-corrected chi connectivity index (χ0v) is 13.4. The third-order valence-corrected chi connectivity index (χ3v) is 6.98. The van der Waals surface area contributed by atoms with Gasteiger partial charge in [-0.2, -0.15) is 0 Å². The van der Waals surface area contributed by atoms with E-state index in [1.165, 1.54) is 0 Å². The van der Waals surface area contributed by atoms with Gasteiger partial charge in [0.25, 0.3) is 0 Å². The third-order valence-electron chi connectivity index (χ3n) is 4.70. The molecule has 0 bridgehead atoms. The number of hydrogen-bond acceptors (Lipinski definition) is 3. The minimum absolute atomic E-state index is 0.0952. The Labute approximate surface area is 122 Å². The molecule has 0 amide bonds. The molecule has 0 aromatic heterocycles. The van der Waals surface area contributed by atoms with Gasteiger partial charge < -0.3 is 5.73 Å². The molecule has 3 unspecified atom stereocenters. The molecule has 1 aliphatic carbocycles. The van der Waals surface area contributed by atoms with Crippen LogP contribution in [0.1, 0.15) is 37.3 Å². The second-order valence-electron chi connectivity index (χ2n) is 6.24. The molecular weight excluding hydrogens is 270 g/mol. The summed E-state index contributed by atoms with van der Waals surface area (Å²) in [6, 6.07) is 5.44. The van der Waals surface area contributed by atoms with Gasteiger partial charge in [-0.05, 0) is 68.3 Å². The lowest BCUT2D eigenvalue weighted by atomic mass is 9.82. The van der Waals surface area contributed by atoms with Crippen molar-refractivity contribution in [1.29, 1.82) is 0 Å². The van der Waals surface area contributed by atoms with E-state index in [2.05, 4.69) is 6.92 Å². The van der Waals surface area contributed by atoms with E-state index in [1.54, 1.807) is 12.1 Å². The highest BCUT2D eigenvalue weighted by atomic mass is 32.2. The largest absolute Gasteiger partial charge is 0.330 e. The first-order valence-corrected chi connectivity index (χ1v) is 8.92. The topological polar surface area (TPSA) is 60.2 Å². The van der Waals surface area contributed by atoms with Gasteiger partial charge in [0.1, 0.15) is 0 Å². The maximum absolute atomic E-state index is 12.9. The Morgan fingerprint density at radius 3 is 2.50 bits per heavy atom. The molecule has 1 aliphatic rings. The molecule has 0 aliphatic heterocycles. The van der Waals surface area contributed by atoms with Gasteiger partial charge in [0, 0.05) is 0 Å². The third kappa shape index (κ3) is 2.91. The fourth-order valence-electron chi connectivity index (χ4n) is 3.11. The van der Waals surface area contributed by atoms with Crippen molar-refractivity contribution in [2.24, 2.45) is 17.6 Å². The first-order valence-electron chi connectivity index (χ1n) is 7.37. The zero-order valence-electron chi connectivity index (χ0n) is 12.6. The van der Waals surface area contributed by atoms with Crippen molar-refractivity contribution in [3.63, 3.8) is 0 Å². The van der Waals surface area contributed by atoms with Gasteiger partial charge >= 0.3 is 0 Å². The highest BCUT2D eigenvalue weighted by Gasteiger charge is 2.38. The lowest BCUT2D eigenvalue weighted by Gasteiger charge is -2.33. The highest BCUT2D eigenvalue weighted by Crippen LogP contribution is 2.35. The molecule has 1 aromatic carbocycles. The SMILES string of the molecule is Cc1ccc(S(=O)(=O)C2CC(C)CCC2CN)cc1C. The van der Waals surface area contributed by atoms with Crippen LogP contribution in [0, 0.1) is 25.7 Å². The fourth-order valence-corrected chi connectivity index (χ4v) is 5.39. The van der Waals surface area contributed by atoms with Crippen LogP contribution in [0.3, 0.4) is 0 Å². The van der Waals surface area contributed by atoms with Gasteiger partial charge in [-0.3, -0.25) is 0 Å². The smallest absolute Gasteiger partial charge is 0.181 e. The van der Waals surface area contributed by atoms with Crippen molar-refractivity contribution in [3.05, 3.63) is 29.3 Å². The number of hydrogen-bond donors (Lipinski definition) is 1. The van der Waals surface area contributed by atoms with Crippen LogP contribution in [-0.2, 0) is 9.84 Å². The summed E-state index contributed by atoms with van der Waals surface area (Å²) >= 11 is 0. The second kappa shape index (κ2) is 5.86. The molecule has 0 radical (unpaired) electrons. The Bertz CT molecular complexity index is 580. The summed E-state index contributed by atoms with van der Waals surface area (Å²) in [6.45, 7) is 6.55. The van der Waals surface area contributed by atoms with E-state index in [9.17, 15) is 8.42 Å². The average Bonchev–Trinajstić information content (AvgIpc) is 2.41. The van der Waals surface area contributed by atoms with Crippen molar-refractivity contribution in [3.8, 4) is 0 Å². The van der Waals surface area contributed by atoms with E-state index < -0.39 is 9.84 Å². The van der Waals surface area contributed by atoms with Gasteiger partial charge in [-0.25, -0.2) is 8.42 Å². The normalized spacial score (nSPS) is 27.5. The van der Waals surface area contributed by atoms with E-state index in [0.717, 1.165) is 30.4 Å². The van der Waals surface area contributed by atoms with Crippen LogP contribution in [0.25, 0.3) is 0 Å². The minimum Gasteiger partial charge on any atom is -0.330 e. The predicted molar refractivity (Wildman–Crippen MR) is 82.4 cm³/mol. The van der Waals surface area contributed by atoms with Crippen LogP contribution in [0.15, 0.2) is 23.1 Å². The van der Waals surface area contributed by atoms with E-state index in [4.69, 9.17) is 5.73 Å². The summed E-state index contributed by atoms with van der Waals surface area (Å²) in [5.74, 6) is 0.557. The monoisotopic (exact) mass is 295 g/mol. The molecule has 3 atom stereocenters. The predicted octanol–water partition coefficient (Wildman–Crippen LogP) is 2.84. The average molecular weight is 295 g/mol. The van der Waals surface area contributed by atoms with E-state index >= 15 is 0 Å². The number of rotatable bonds is 3. The van der Waals surface area contributed by atoms with Crippen molar-refractivity contribution < 1.29 is 8.42 Å². The van der Waals surface area contributed by atoms with Crippen LogP contribution in [0.5, 0.6) is 0 Å². The van der Waals surface area contributed by atoms with Crippen LogP contribution in [-0.4, -0.2) is 20.2 Å². The van der Waals surface area contributed by atoms with E-state index in [0.29, 0.717) is 17.4 Å². The Balaban J connectivity index is 2.39. The molecule has 3 nitrogen and oxygen atoms in total. The number of aryl methyl sites for hydroxylation is 2. The van der Waals surface area contributed by atoms with Crippen LogP contribution < -0.4 is 5.73 Å². The Morgan fingerprint density at radius 2 is 1.90 bits per heavy atom. The number of sulfone groups is 1. The van der Waals surface area contributed by atoms with Crippen LogP contribution in [0.4, 0.5) is 0 Å². The maximum atomic E-state index is 12.9. The van der Waals surface area contributed by atoms with Gasteiger partial charge in [0.05, 0.1) is 10.1 Å². The van der Waals surface area contributed by atoms with Crippen molar-refractivity contribution in [2.45, 2.75) is 50.2 Å². The summed E-state index contributed by atoms with van der Waals surface area (Å²) < 4.78 is 25.8. The molecule has 20 heavy (non-hydrogen) atoms. The molecule has 0 saturated heterocycles. The molecule has 4 heteroatoms. The Morgan fingerprint density at radius 1 is 1.20 bits per heavy atom. The molecule has 0 spiro atoms. The zero-order chi connectivity index (χ0) is 14.9. The quantitative estimate of drug-likeness (QED) is 0.932.